The standard InChI is InChI=1S/C22H24N2O3/c1-4-18-20(12-17-10-7-9-16-8-5-6-11-19(16)17)24(14-27-13-15(2)3)22(26)23-21(18)25/h5-11H,2,4,12-14H2,1,3H3,(H,23,25,26). The first-order chi connectivity index (χ1) is 13.0. The number of nitrogens with zero attached hydrogens (tertiary/aromatic N) is 1. The van der Waals surface area contributed by atoms with E-state index in [4.69, 9.17) is 4.74 Å². The highest BCUT2D eigenvalue weighted by atomic mass is 16.5. The third-order valence-corrected chi connectivity index (χ3v) is 4.57. The van der Waals surface area contributed by atoms with Gasteiger partial charge in [0.15, 0.2) is 0 Å². The van der Waals surface area contributed by atoms with Gasteiger partial charge in [-0.2, -0.15) is 0 Å². The Bertz CT molecular complexity index is 1090. The molecule has 0 unspecified atom stereocenters. The van der Waals surface area contributed by atoms with Crippen molar-refractivity contribution in [1.82, 2.24) is 9.55 Å². The molecule has 1 N–H and O–H groups in total. The number of H-pyrrole nitrogens is 1. The first-order valence-electron chi connectivity index (χ1n) is 9.05. The summed E-state index contributed by atoms with van der Waals surface area (Å²) in [4.78, 5) is 27.2. The molecule has 0 aliphatic heterocycles. The van der Waals surface area contributed by atoms with Crippen molar-refractivity contribution in [3.05, 3.63) is 92.3 Å². The molecule has 0 radical (unpaired) electrons. The third-order valence-electron chi connectivity index (χ3n) is 4.57. The molecule has 2 aromatic carbocycles. The number of benzene rings is 2. The van der Waals surface area contributed by atoms with E-state index < -0.39 is 5.69 Å². The Morgan fingerprint density at radius 1 is 1.15 bits per heavy atom. The van der Waals surface area contributed by atoms with Crippen molar-refractivity contribution in [1.29, 1.82) is 0 Å². The molecular formula is C22H24N2O3. The second-order valence-corrected chi connectivity index (χ2v) is 6.72. The summed E-state index contributed by atoms with van der Waals surface area (Å²) in [5.74, 6) is 0. The number of ether oxygens (including phenoxy) is 1. The van der Waals surface area contributed by atoms with Gasteiger partial charge < -0.3 is 4.74 Å². The van der Waals surface area contributed by atoms with E-state index in [0.29, 0.717) is 30.7 Å². The molecule has 3 aromatic rings. The van der Waals surface area contributed by atoms with Crippen LogP contribution < -0.4 is 11.2 Å². The summed E-state index contributed by atoms with van der Waals surface area (Å²) in [6.45, 7) is 8.03. The van der Waals surface area contributed by atoms with Crippen LogP contribution in [0, 0.1) is 0 Å². The third kappa shape index (κ3) is 4.09. The van der Waals surface area contributed by atoms with E-state index in [-0.39, 0.29) is 12.3 Å². The summed E-state index contributed by atoms with van der Waals surface area (Å²) in [7, 11) is 0. The van der Waals surface area contributed by atoms with Gasteiger partial charge in [0, 0.05) is 17.7 Å². The summed E-state index contributed by atoms with van der Waals surface area (Å²) >= 11 is 0. The fraction of sp³-hybridized carbons (Fsp3) is 0.273. The van der Waals surface area contributed by atoms with Crippen molar-refractivity contribution >= 4 is 10.8 Å². The molecule has 0 spiro atoms. The highest BCUT2D eigenvalue weighted by molar-refractivity contribution is 5.85. The van der Waals surface area contributed by atoms with E-state index >= 15 is 0 Å². The molecule has 3 rings (SSSR count). The lowest BCUT2D eigenvalue weighted by Gasteiger charge is -2.17. The number of aromatic nitrogens is 2. The minimum Gasteiger partial charge on any atom is -0.356 e. The maximum Gasteiger partial charge on any atom is 0.330 e. The molecule has 0 bridgehead atoms. The van der Waals surface area contributed by atoms with Gasteiger partial charge in [-0.15, -0.1) is 0 Å². The van der Waals surface area contributed by atoms with Crippen molar-refractivity contribution in [2.75, 3.05) is 6.61 Å². The summed E-state index contributed by atoms with van der Waals surface area (Å²) in [6, 6.07) is 14.2. The van der Waals surface area contributed by atoms with E-state index in [1.54, 1.807) is 0 Å². The number of rotatable bonds is 7. The molecule has 0 aliphatic carbocycles. The number of fused-ring (bicyclic) bond motifs is 1. The summed E-state index contributed by atoms with van der Waals surface area (Å²) < 4.78 is 7.13. The summed E-state index contributed by atoms with van der Waals surface area (Å²) in [5, 5.41) is 2.24. The minimum absolute atomic E-state index is 0.0789. The highest BCUT2D eigenvalue weighted by Crippen LogP contribution is 2.22. The van der Waals surface area contributed by atoms with Crippen LogP contribution in [-0.4, -0.2) is 16.2 Å². The maximum atomic E-state index is 12.5. The Morgan fingerprint density at radius 2 is 1.89 bits per heavy atom. The molecule has 0 atom stereocenters. The summed E-state index contributed by atoms with van der Waals surface area (Å²) in [5.41, 5.74) is 2.48. The number of nitrogens with one attached hydrogen (secondary N) is 1. The molecule has 27 heavy (non-hydrogen) atoms. The highest BCUT2D eigenvalue weighted by Gasteiger charge is 2.15. The fourth-order valence-corrected chi connectivity index (χ4v) is 3.30. The van der Waals surface area contributed by atoms with Crippen LogP contribution in [0.15, 0.2) is 64.2 Å². The average Bonchev–Trinajstić information content (AvgIpc) is 2.64. The second kappa shape index (κ2) is 8.18. The quantitative estimate of drug-likeness (QED) is 0.654. The molecule has 0 fully saturated rings. The lowest BCUT2D eigenvalue weighted by Crippen LogP contribution is -2.36. The molecule has 0 saturated carbocycles. The lowest BCUT2D eigenvalue weighted by atomic mass is 9.98. The Morgan fingerprint density at radius 3 is 2.63 bits per heavy atom. The second-order valence-electron chi connectivity index (χ2n) is 6.72. The molecule has 0 saturated heterocycles. The van der Waals surface area contributed by atoms with Crippen LogP contribution in [0.25, 0.3) is 10.8 Å². The Hall–Kier alpha value is -2.92. The van der Waals surface area contributed by atoms with Crippen molar-refractivity contribution in [3.63, 3.8) is 0 Å². The van der Waals surface area contributed by atoms with Gasteiger partial charge >= 0.3 is 5.69 Å². The van der Waals surface area contributed by atoms with Gasteiger partial charge in [-0.25, -0.2) is 4.79 Å². The molecule has 5 heteroatoms. The monoisotopic (exact) mass is 364 g/mol. The molecular weight excluding hydrogens is 340 g/mol. The minimum atomic E-state index is -0.450. The molecule has 0 aliphatic rings. The van der Waals surface area contributed by atoms with Crippen LogP contribution in [-0.2, 0) is 24.3 Å². The van der Waals surface area contributed by atoms with Crippen LogP contribution in [0.4, 0.5) is 0 Å². The largest absolute Gasteiger partial charge is 0.356 e. The number of hydrogen-bond donors (Lipinski definition) is 1. The van der Waals surface area contributed by atoms with E-state index in [1.165, 1.54) is 4.57 Å². The van der Waals surface area contributed by atoms with Crippen LogP contribution in [0.2, 0.25) is 0 Å². The summed E-state index contributed by atoms with van der Waals surface area (Å²) in [6.07, 6.45) is 1.02. The van der Waals surface area contributed by atoms with Gasteiger partial charge in [-0.1, -0.05) is 61.5 Å². The van der Waals surface area contributed by atoms with E-state index in [0.717, 1.165) is 21.9 Å². The molecule has 1 heterocycles. The zero-order chi connectivity index (χ0) is 19.4. The molecule has 140 valence electrons. The lowest BCUT2D eigenvalue weighted by molar-refractivity contribution is 0.0895. The zero-order valence-electron chi connectivity index (χ0n) is 15.7. The van der Waals surface area contributed by atoms with Gasteiger partial charge in [0.05, 0.1) is 6.61 Å². The average molecular weight is 364 g/mol. The number of aromatic amines is 1. The van der Waals surface area contributed by atoms with Crippen molar-refractivity contribution in [2.45, 2.75) is 33.4 Å². The van der Waals surface area contributed by atoms with Crippen molar-refractivity contribution in [3.8, 4) is 0 Å². The van der Waals surface area contributed by atoms with Crippen molar-refractivity contribution in [2.24, 2.45) is 0 Å². The topological polar surface area (TPSA) is 64.1 Å². The Labute approximate surface area is 157 Å². The van der Waals surface area contributed by atoms with Gasteiger partial charge in [-0.05, 0) is 29.7 Å². The van der Waals surface area contributed by atoms with E-state index in [2.05, 4.69) is 29.8 Å². The Balaban J connectivity index is 2.10. The van der Waals surface area contributed by atoms with Crippen LogP contribution in [0.1, 0.15) is 30.7 Å². The first kappa shape index (κ1) is 18.9. The van der Waals surface area contributed by atoms with Gasteiger partial charge in [0.1, 0.15) is 6.73 Å². The van der Waals surface area contributed by atoms with Gasteiger partial charge in [-0.3, -0.25) is 14.3 Å². The Kier molecular flexibility index (Phi) is 5.72. The van der Waals surface area contributed by atoms with E-state index in [1.807, 2.05) is 38.1 Å². The van der Waals surface area contributed by atoms with Crippen LogP contribution in [0.5, 0.6) is 0 Å². The normalized spacial score (nSPS) is 11.0. The predicted molar refractivity (Wildman–Crippen MR) is 108 cm³/mol. The maximum absolute atomic E-state index is 12.5. The zero-order valence-corrected chi connectivity index (χ0v) is 15.7. The predicted octanol–water partition coefficient (Wildman–Crippen LogP) is 3.39. The van der Waals surface area contributed by atoms with Crippen molar-refractivity contribution < 1.29 is 4.74 Å². The smallest absolute Gasteiger partial charge is 0.330 e. The fourth-order valence-electron chi connectivity index (χ4n) is 3.30. The molecule has 1 aromatic heterocycles. The first-order valence-corrected chi connectivity index (χ1v) is 9.05. The molecule has 0 amide bonds. The SMILES string of the molecule is C=C(C)COCn1c(Cc2cccc3ccccc23)c(CC)c(=O)[nH]c1=O. The molecule has 5 nitrogen and oxygen atoms in total. The van der Waals surface area contributed by atoms with Crippen LogP contribution in [0.3, 0.4) is 0 Å². The van der Waals surface area contributed by atoms with Crippen LogP contribution >= 0.6 is 0 Å². The number of hydrogen-bond acceptors (Lipinski definition) is 3. The van der Waals surface area contributed by atoms with Gasteiger partial charge in [0.2, 0.25) is 0 Å². The van der Waals surface area contributed by atoms with Gasteiger partial charge in [0.25, 0.3) is 5.56 Å². The van der Waals surface area contributed by atoms with E-state index in [9.17, 15) is 9.59 Å².